The molecule has 0 unspecified atom stereocenters. The van der Waals surface area contributed by atoms with E-state index in [-0.39, 0.29) is 5.91 Å². The van der Waals surface area contributed by atoms with E-state index in [0.717, 1.165) is 16.5 Å². The first kappa shape index (κ1) is 13.8. The van der Waals surface area contributed by atoms with E-state index >= 15 is 0 Å². The van der Waals surface area contributed by atoms with E-state index in [4.69, 9.17) is 5.26 Å². The third-order valence-corrected chi connectivity index (χ3v) is 3.66. The molecule has 0 saturated carbocycles. The van der Waals surface area contributed by atoms with Crippen LogP contribution in [0.5, 0.6) is 0 Å². The van der Waals surface area contributed by atoms with E-state index in [2.05, 4.69) is 6.07 Å². The van der Waals surface area contributed by atoms with Crippen LogP contribution in [0.15, 0.2) is 66.7 Å². The van der Waals surface area contributed by atoms with Gasteiger partial charge in [-0.15, -0.1) is 0 Å². The molecule has 0 radical (unpaired) electrons. The van der Waals surface area contributed by atoms with Gasteiger partial charge in [-0.2, -0.15) is 5.26 Å². The SMILES string of the molecule is CN(C(=O)c1ccc2cc(C#N)ccc2c1)c1ccccc1. The number of fused-ring (bicyclic) bond motifs is 1. The van der Waals surface area contributed by atoms with Gasteiger partial charge in [0.1, 0.15) is 0 Å². The first-order valence-corrected chi connectivity index (χ1v) is 6.96. The molecule has 0 saturated heterocycles. The fraction of sp³-hybridized carbons (Fsp3) is 0.0526. The summed E-state index contributed by atoms with van der Waals surface area (Å²) in [6.07, 6.45) is 0. The van der Waals surface area contributed by atoms with Gasteiger partial charge in [0.15, 0.2) is 0 Å². The Morgan fingerprint density at radius 1 is 0.955 bits per heavy atom. The van der Waals surface area contributed by atoms with Crippen LogP contribution in [0.25, 0.3) is 10.8 Å². The lowest BCUT2D eigenvalue weighted by molar-refractivity contribution is 0.0993. The number of nitrogens with zero attached hydrogens (tertiary/aromatic N) is 2. The zero-order valence-electron chi connectivity index (χ0n) is 12.2. The topological polar surface area (TPSA) is 44.1 Å². The van der Waals surface area contributed by atoms with Crippen molar-refractivity contribution in [2.75, 3.05) is 11.9 Å². The maximum Gasteiger partial charge on any atom is 0.258 e. The number of hydrogen-bond donors (Lipinski definition) is 0. The standard InChI is InChI=1S/C19H14N2O/c1-21(18-5-3-2-4-6-18)19(22)17-10-9-15-11-14(13-20)7-8-16(15)12-17/h2-12H,1H3. The number of benzene rings is 3. The van der Waals surface area contributed by atoms with E-state index in [0.29, 0.717) is 11.1 Å². The average molecular weight is 286 g/mol. The van der Waals surface area contributed by atoms with E-state index < -0.39 is 0 Å². The van der Waals surface area contributed by atoms with Crippen molar-refractivity contribution in [3.63, 3.8) is 0 Å². The predicted molar refractivity (Wildman–Crippen MR) is 87.8 cm³/mol. The normalized spacial score (nSPS) is 10.2. The molecule has 3 nitrogen and oxygen atoms in total. The van der Waals surface area contributed by atoms with Crippen molar-refractivity contribution in [1.29, 1.82) is 5.26 Å². The van der Waals surface area contributed by atoms with Crippen LogP contribution in [0.4, 0.5) is 5.69 Å². The monoisotopic (exact) mass is 286 g/mol. The Labute approximate surface area is 129 Å². The van der Waals surface area contributed by atoms with E-state index in [1.54, 1.807) is 24.1 Å². The summed E-state index contributed by atoms with van der Waals surface area (Å²) in [5.74, 6) is -0.0579. The van der Waals surface area contributed by atoms with Crippen molar-refractivity contribution in [1.82, 2.24) is 0 Å². The van der Waals surface area contributed by atoms with Crippen LogP contribution < -0.4 is 4.90 Å². The summed E-state index contributed by atoms with van der Waals surface area (Å²) in [5.41, 5.74) is 2.10. The lowest BCUT2D eigenvalue weighted by atomic mass is 10.0. The molecule has 0 atom stereocenters. The van der Waals surface area contributed by atoms with Crippen LogP contribution in [0, 0.1) is 11.3 Å². The summed E-state index contributed by atoms with van der Waals surface area (Å²) in [7, 11) is 1.76. The number of carbonyl (C=O) groups excluding carboxylic acids is 1. The first-order valence-electron chi connectivity index (χ1n) is 6.96. The van der Waals surface area contributed by atoms with Crippen molar-refractivity contribution >= 4 is 22.4 Å². The first-order chi connectivity index (χ1) is 10.7. The van der Waals surface area contributed by atoms with Crippen LogP contribution in [0.3, 0.4) is 0 Å². The van der Waals surface area contributed by atoms with Gasteiger partial charge in [-0.05, 0) is 47.2 Å². The second-order valence-corrected chi connectivity index (χ2v) is 5.09. The lowest BCUT2D eigenvalue weighted by Crippen LogP contribution is -2.26. The molecule has 0 aliphatic heterocycles. The molecule has 0 N–H and O–H groups in total. The molecule has 3 aromatic carbocycles. The van der Waals surface area contributed by atoms with Crippen molar-refractivity contribution in [3.8, 4) is 6.07 Å². The summed E-state index contributed by atoms with van der Waals surface area (Å²) in [6.45, 7) is 0. The van der Waals surface area contributed by atoms with Gasteiger partial charge in [0.25, 0.3) is 5.91 Å². The maximum absolute atomic E-state index is 12.6. The maximum atomic E-state index is 12.6. The summed E-state index contributed by atoms with van der Waals surface area (Å²) < 4.78 is 0. The van der Waals surface area contributed by atoms with Crippen LogP contribution in [-0.4, -0.2) is 13.0 Å². The zero-order chi connectivity index (χ0) is 15.5. The number of rotatable bonds is 2. The second-order valence-electron chi connectivity index (χ2n) is 5.09. The Bertz CT molecular complexity index is 879. The minimum absolute atomic E-state index is 0.0579. The van der Waals surface area contributed by atoms with Gasteiger partial charge in [-0.3, -0.25) is 4.79 Å². The molecule has 0 fully saturated rings. The minimum atomic E-state index is -0.0579. The Morgan fingerprint density at radius 2 is 1.64 bits per heavy atom. The number of hydrogen-bond acceptors (Lipinski definition) is 2. The predicted octanol–water partition coefficient (Wildman–Crippen LogP) is 3.99. The van der Waals surface area contributed by atoms with Gasteiger partial charge in [0.05, 0.1) is 11.6 Å². The molecule has 0 aliphatic rings. The second kappa shape index (κ2) is 5.71. The molecule has 22 heavy (non-hydrogen) atoms. The van der Waals surface area contributed by atoms with Crippen LogP contribution in [-0.2, 0) is 0 Å². The lowest BCUT2D eigenvalue weighted by Gasteiger charge is -2.17. The zero-order valence-corrected chi connectivity index (χ0v) is 12.2. The van der Waals surface area contributed by atoms with Crippen LogP contribution in [0.1, 0.15) is 15.9 Å². The Morgan fingerprint density at radius 3 is 2.36 bits per heavy atom. The molecule has 0 spiro atoms. The highest BCUT2D eigenvalue weighted by atomic mass is 16.2. The Hall–Kier alpha value is -3.12. The number of anilines is 1. The molecule has 3 heteroatoms. The number of para-hydroxylation sites is 1. The van der Waals surface area contributed by atoms with Crippen molar-refractivity contribution in [2.24, 2.45) is 0 Å². The number of nitriles is 1. The van der Waals surface area contributed by atoms with Crippen LogP contribution >= 0.6 is 0 Å². The largest absolute Gasteiger partial charge is 0.311 e. The van der Waals surface area contributed by atoms with Gasteiger partial charge < -0.3 is 4.90 Å². The molecule has 3 aromatic rings. The van der Waals surface area contributed by atoms with Gasteiger partial charge >= 0.3 is 0 Å². The Balaban J connectivity index is 1.96. The van der Waals surface area contributed by atoms with E-state index in [9.17, 15) is 4.79 Å². The van der Waals surface area contributed by atoms with E-state index in [1.807, 2.05) is 54.6 Å². The summed E-state index contributed by atoms with van der Waals surface area (Å²) >= 11 is 0. The van der Waals surface area contributed by atoms with E-state index in [1.165, 1.54) is 0 Å². The molecule has 0 aromatic heterocycles. The molecular formula is C19H14N2O. The molecular weight excluding hydrogens is 272 g/mol. The molecule has 0 bridgehead atoms. The smallest absolute Gasteiger partial charge is 0.258 e. The molecule has 0 aliphatic carbocycles. The van der Waals surface area contributed by atoms with Gasteiger partial charge in [-0.1, -0.05) is 30.3 Å². The van der Waals surface area contributed by atoms with Crippen LogP contribution in [0.2, 0.25) is 0 Å². The number of amides is 1. The summed E-state index contributed by atoms with van der Waals surface area (Å²) in [4.78, 5) is 14.2. The van der Waals surface area contributed by atoms with Crippen molar-refractivity contribution in [3.05, 3.63) is 77.9 Å². The van der Waals surface area contributed by atoms with Gasteiger partial charge in [0.2, 0.25) is 0 Å². The molecule has 0 heterocycles. The fourth-order valence-electron chi connectivity index (χ4n) is 2.41. The third kappa shape index (κ3) is 2.55. The fourth-order valence-corrected chi connectivity index (χ4v) is 2.41. The van der Waals surface area contributed by atoms with Crippen molar-refractivity contribution in [2.45, 2.75) is 0 Å². The van der Waals surface area contributed by atoms with Gasteiger partial charge in [-0.25, -0.2) is 0 Å². The summed E-state index contributed by atoms with van der Waals surface area (Å²) in [6, 6.07) is 22.6. The summed E-state index contributed by atoms with van der Waals surface area (Å²) in [5, 5.41) is 10.8. The third-order valence-electron chi connectivity index (χ3n) is 3.66. The quantitative estimate of drug-likeness (QED) is 0.715. The number of carbonyl (C=O) groups is 1. The minimum Gasteiger partial charge on any atom is -0.311 e. The highest BCUT2D eigenvalue weighted by molar-refractivity contribution is 6.07. The molecule has 1 amide bonds. The van der Waals surface area contributed by atoms with Gasteiger partial charge in [0, 0.05) is 18.3 Å². The highest BCUT2D eigenvalue weighted by Crippen LogP contribution is 2.20. The molecule has 106 valence electrons. The molecule has 3 rings (SSSR count). The average Bonchev–Trinajstić information content (AvgIpc) is 2.60. The van der Waals surface area contributed by atoms with Crippen molar-refractivity contribution < 1.29 is 4.79 Å². The Kier molecular flexibility index (Phi) is 3.59. The highest BCUT2D eigenvalue weighted by Gasteiger charge is 2.13.